The third kappa shape index (κ3) is 3.03. The molecule has 6 nitrogen and oxygen atoms in total. The number of aliphatic hydroxyl groups excluding tert-OH is 1. The van der Waals surface area contributed by atoms with Crippen LogP contribution in [0.5, 0.6) is 0 Å². The van der Waals surface area contributed by atoms with E-state index in [9.17, 15) is 13.5 Å². The lowest BCUT2D eigenvalue weighted by Gasteiger charge is -2.36. The molecule has 106 valence electrons. The molecule has 0 amide bonds. The van der Waals surface area contributed by atoms with Crippen LogP contribution in [0.3, 0.4) is 0 Å². The second-order valence-electron chi connectivity index (χ2n) is 5.00. The Hall–Kier alpha value is -0.210. The van der Waals surface area contributed by atoms with Crippen LogP contribution in [0.1, 0.15) is 19.8 Å². The second kappa shape index (κ2) is 5.83. The SMILES string of the molecule is CC(O)C1CCN(S(=O)(=O)N2CCOCC2)CC1. The quantitative estimate of drug-likeness (QED) is 0.766. The number of rotatable bonds is 3. The van der Waals surface area contributed by atoms with E-state index in [-0.39, 0.29) is 12.0 Å². The standard InChI is InChI=1S/C11H22N2O4S/c1-10(14)11-2-4-12(5-3-11)18(15,16)13-6-8-17-9-7-13/h10-11,14H,2-9H2,1H3. The molecule has 0 aliphatic carbocycles. The Morgan fingerprint density at radius 3 is 2.11 bits per heavy atom. The summed E-state index contributed by atoms with van der Waals surface area (Å²) in [5.74, 6) is 0.223. The highest BCUT2D eigenvalue weighted by atomic mass is 32.2. The van der Waals surface area contributed by atoms with Gasteiger partial charge in [-0.2, -0.15) is 17.0 Å². The fourth-order valence-corrected chi connectivity index (χ4v) is 4.14. The van der Waals surface area contributed by atoms with E-state index in [1.54, 1.807) is 6.92 Å². The van der Waals surface area contributed by atoms with Crippen LogP contribution in [0.2, 0.25) is 0 Å². The summed E-state index contributed by atoms with van der Waals surface area (Å²) in [6.45, 7) is 4.63. The van der Waals surface area contributed by atoms with Gasteiger partial charge in [-0.1, -0.05) is 0 Å². The van der Waals surface area contributed by atoms with Crippen molar-refractivity contribution < 1.29 is 18.3 Å². The van der Waals surface area contributed by atoms with E-state index in [0.717, 1.165) is 12.8 Å². The molecule has 0 aromatic rings. The minimum Gasteiger partial charge on any atom is -0.393 e. The highest BCUT2D eigenvalue weighted by Crippen LogP contribution is 2.24. The van der Waals surface area contributed by atoms with Crippen molar-refractivity contribution in [3.8, 4) is 0 Å². The van der Waals surface area contributed by atoms with Crippen LogP contribution in [-0.2, 0) is 14.9 Å². The predicted molar refractivity (Wildman–Crippen MR) is 67.3 cm³/mol. The number of ether oxygens (including phenoxy) is 1. The molecule has 2 aliphatic heterocycles. The van der Waals surface area contributed by atoms with Crippen LogP contribution >= 0.6 is 0 Å². The normalized spacial score (nSPS) is 27.2. The van der Waals surface area contributed by atoms with E-state index in [1.807, 2.05) is 0 Å². The number of hydrogen-bond acceptors (Lipinski definition) is 4. The maximum atomic E-state index is 12.4. The van der Waals surface area contributed by atoms with Gasteiger partial charge in [0.05, 0.1) is 19.3 Å². The number of nitrogens with zero attached hydrogens (tertiary/aromatic N) is 2. The van der Waals surface area contributed by atoms with E-state index in [2.05, 4.69) is 0 Å². The van der Waals surface area contributed by atoms with Crippen molar-refractivity contribution in [1.82, 2.24) is 8.61 Å². The van der Waals surface area contributed by atoms with Crippen molar-refractivity contribution in [3.63, 3.8) is 0 Å². The summed E-state index contributed by atoms with van der Waals surface area (Å²) in [7, 11) is -3.33. The first-order valence-corrected chi connectivity index (χ1v) is 7.92. The molecular weight excluding hydrogens is 256 g/mol. The Bertz CT molecular complexity index is 357. The molecular formula is C11H22N2O4S. The Labute approximate surface area is 109 Å². The van der Waals surface area contributed by atoms with Crippen LogP contribution in [0.4, 0.5) is 0 Å². The highest BCUT2D eigenvalue weighted by Gasteiger charge is 2.34. The molecule has 1 N–H and O–H groups in total. The van der Waals surface area contributed by atoms with Crippen molar-refractivity contribution >= 4 is 10.2 Å². The first-order valence-electron chi connectivity index (χ1n) is 6.53. The van der Waals surface area contributed by atoms with Crippen molar-refractivity contribution in [2.45, 2.75) is 25.9 Å². The molecule has 0 aromatic carbocycles. The lowest BCUT2D eigenvalue weighted by Crippen LogP contribution is -2.51. The third-order valence-electron chi connectivity index (χ3n) is 3.80. The minimum absolute atomic E-state index is 0.223. The average molecular weight is 278 g/mol. The van der Waals surface area contributed by atoms with Gasteiger partial charge in [-0.05, 0) is 25.7 Å². The molecule has 2 fully saturated rings. The first-order chi connectivity index (χ1) is 8.51. The summed E-state index contributed by atoms with van der Waals surface area (Å²) in [4.78, 5) is 0. The van der Waals surface area contributed by atoms with Crippen molar-refractivity contribution in [1.29, 1.82) is 0 Å². The van der Waals surface area contributed by atoms with Gasteiger partial charge in [0.15, 0.2) is 0 Å². The molecule has 0 saturated carbocycles. The van der Waals surface area contributed by atoms with Crippen molar-refractivity contribution in [3.05, 3.63) is 0 Å². The molecule has 2 saturated heterocycles. The summed E-state index contributed by atoms with van der Waals surface area (Å²) in [6, 6.07) is 0. The highest BCUT2D eigenvalue weighted by molar-refractivity contribution is 7.86. The monoisotopic (exact) mass is 278 g/mol. The molecule has 1 unspecified atom stereocenters. The zero-order valence-corrected chi connectivity index (χ0v) is 11.6. The topological polar surface area (TPSA) is 70.1 Å². The molecule has 0 aromatic heterocycles. The van der Waals surface area contributed by atoms with Gasteiger partial charge in [0, 0.05) is 26.2 Å². The van der Waals surface area contributed by atoms with Gasteiger partial charge >= 0.3 is 0 Å². The zero-order valence-electron chi connectivity index (χ0n) is 10.8. The van der Waals surface area contributed by atoms with Crippen molar-refractivity contribution in [2.75, 3.05) is 39.4 Å². The maximum Gasteiger partial charge on any atom is 0.282 e. The van der Waals surface area contributed by atoms with E-state index < -0.39 is 10.2 Å². The summed E-state index contributed by atoms with van der Waals surface area (Å²) >= 11 is 0. The Balaban J connectivity index is 1.95. The molecule has 0 spiro atoms. The summed E-state index contributed by atoms with van der Waals surface area (Å²) in [6.07, 6.45) is 1.13. The largest absolute Gasteiger partial charge is 0.393 e. The van der Waals surface area contributed by atoms with Crippen LogP contribution in [-0.4, -0.2) is 67.6 Å². The molecule has 0 radical (unpaired) electrons. The molecule has 18 heavy (non-hydrogen) atoms. The molecule has 2 aliphatic rings. The lowest BCUT2D eigenvalue weighted by atomic mass is 9.93. The maximum absolute atomic E-state index is 12.4. The molecule has 1 atom stereocenters. The fraction of sp³-hybridized carbons (Fsp3) is 1.00. The van der Waals surface area contributed by atoms with E-state index in [4.69, 9.17) is 4.74 Å². The average Bonchev–Trinajstić information content (AvgIpc) is 2.40. The summed E-state index contributed by atoms with van der Waals surface area (Å²) in [5.41, 5.74) is 0. The Morgan fingerprint density at radius 1 is 1.11 bits per heavy atom. The van der Waals surface area contributed by atoms with Gasteiger partial charge in [-0.25, -0.2) is 0 Å². The van der Waals surface area contributed by atoms with Crippen molar-refractivity contribution in [2.24, 2.45) is 5.92 Å². The van der Waals surface area contributed by atoms with Crippen LogP contribution in [0.25, 0.3) is 0 Å². The van der Waals surface area contributed by atoms with Gasteiger partial charge in [0.2, 0.25) is 0 Å². The molecule has 2 rings (SSSR count). The van der Waals surface area contributed by atoms with Gasteiger partial charge in [0.25, 0.3) is 10.2 Å². The fourth-order valence-electron chi connectivity index (χ4n) is 2.53. The Kier molecular flexibility index (Phi) is 4.60. The second-order valence-corrected chi connectivity index (χ2v) is 6.92. The van der Waals surface area contributed by atoms with Gasteiger partial charge in [-0.3, -0.25) is 0 Å². The van der Waals surface area contributed by atoms with Crippen LogP contribution in [0.15, 0.2) is 0 Å². The Morgan fingerprint density at radius 2 is 1.61 bits per heavy atom. The van der Waals surface area contributed by atoms with Gasteiger partial charge < -0.3 is 9.84 Å². The number of hydrogen-bond donors (Lipinski definition) is 1. The van der Waals surface area contributed by atoms with Gasteiger partial charge in [0.1, 0.15) is 0 Å². The lowest BCUT2D eigenvalue weighted by molar-refractivity contribution is 0.0655. The zero-order chi connectivity index (χ0) is 13.2. The third-order valence-corrected chi connectivity index (χ3v) is 5.84. The van der Waals surface area contributed by atoms with Crippen LogP contribution in [0, 0.1) is 5.92 Å². The minimum atomic E-state index is -3.33. The van der Waals surface area contributed by atoms with E-state index >= 15 is 0 Å². The number of aliphatic hydroxyl groups is 1. The molecule has 2 heterocycles. The van der Waals surface area contributed by atoms with Gasteiger partial charge in [-0.15, -0.1) is 0 Å². The number of piperidine rings is 1. The smallest absolute Gasteiger partial charge is 0.282 e. The molecule has 7 heteroatoms. The van der Waals surface area contributed by atoms with Crippen LogP contribution < -0.4 is 0 Å². The summed E-state index contributed by atoms with van der Waals surface area (Å²) < 4.78 is 32.9. The summed E-state index contributed by atoms with van der Waals surface area (Å²) in [5, 5.41) is 9.52. The van der Waals surface area contributed by atoms with E-state index in [1.165, 1.54) is 8.61 Å². The van der Waals surface area contributed by atoms with E-state index in [0.29, 0.717) is 39.4 Å². The number of morpholine rings is 1. The molecule has 0 bridgehead atoms. The first kappa shape index (κ1) is 14.2. The predicted octanol–water partition coefficient (Wildman–Crippen LogP) is -0.344.